The molecule has 11 fully saturated rings. The highest BCUT2D eigenvalue weighted by Gasteiger charge is 2.73. The first kappa shape index (κ1) is 95.6. The summed E-state index contributed by atoms with van der Waals surface area (Å²) in [6, 6.07) is -1.47. The maximum absolute atomic E-state index is 16.1. The highest BCUT2D eigenvalue weighted by atomic mass is 16.8. The molecule has 0 radical (unpaired) electrons. The van der Waals surface area contributed by atoms with Gasteiger partial charge in [-0.15, -0.1) is 0 Å². The van der Waals surface area contributed by atoms with Crippen molar-refractivity contribution < 1.29 is 188 Å². The monoisotopic (exact) mass is 1730 g/mol. The molecule has 0 aromatic carbocycles. The molecule has 0 aromatic rings. The van der Waals surface area contributed by atoms with Gasteiger partial charge in [0.2, 0.25) is 12.2 Å². The van der Waals surface area contributed by atoms with Crippen LogP contribution in [0.1, 0.15) is 170 Å². The average molecular weight is 1730 g/mol. The van der Waals surface area contributed by atoms with Gasteiger partial charge in [0.05, 0.1) is 62.8 Å². The van der Waals surface area contributed by atoms with Crippen molar-refractivity contribution in [3.63, 3.8) is 0 Å². The number of rotatable bonds is 31. The van der Waals surface area contributed by atoms with E-state index in [1.54, 1.807) is 6.92 Å². The number of aliphatic carboxylic acids is 1. The zero-order valence-electron chi connectivity index (χ0n) is 69.0. The fraction of sp³-hybridized carbons (Fsp3) is 0.926. The molecule has 3 unspecified atom stereocenters. The van der Waals surface area contributed by atoms with Crippen LogP contribution >= 0.6 is 0 Å². The SMILES string of the molecule is C[C@@H]1O[C@@H](O[C@H]2[C@H](OC(=O)[C@]34CCC(C)(C)CC3C3=CCC5[C@@]6(C)CC[C@H](O[C@@H]7O[C@H](C(=O)O)[C@@H](O)[C@H](O[C@@H]8OC[C@@H](O)[C@H](O)[C@H]8O)[C@H]7O[C@H]7O[C@H](CO)[C@H](O)[C@H](O)[C@H]7O)[C@@](C)(C=O)C6CC[C@@]5(C)[C@]3(C)C[C@H]4O)O[C@H](CO)[C@H](NC(=O)CCCCCCCCCCCO[C@@H]3O[C@@H](CO)[C@H](O)[C@H]3O)[C@@H]2O)[C@H](O)[C@H](O)[C@H]1O[C@H]1OC[C@@H](O)[C@H](O)[C@H]1O. The van der Waals surface area contributed by atoms with Gasteiger partial charge in [-0.05, 0) is 117 Å². The number of hydrogen-bond donors (Lipinski definition) is 21. The second kappa shape index (κ2) is 38.8. The number of hydrogen-bond acceptors (Lipinski definition) is 37. The number of ether oxygens (including phenoxy) is 14. The number of amides is 1. The molecule has 0 bridgehead atoms. The molecule has 1 amide bonds. The number of aliphatic hydroxyl groups excluding tert-OH is 19. The Hall–Kier alpha value is -3.46. The fourth-order valence-corrected chi connectivity index (χ4v) is 22.1. The molecule has 7 saturated heterocycles. The van der Waals surface area contributed by atoms with Crippen molar-refractivity contribution in [3.05, 3.63) is 11.6 Å². The van der Waals surface area contributed by atoms with E-state index in [0.29, 0.717) is 64.4 Å². The van der Waals surface area contributed by atoms with Crippen LogP contribution in [0.4, 0.5) is 0 Å². The Bertz CT molecular complexity index is 3440. The number of carboxylic acids is 1. The lowest BCUT2D eigenvalue weighted by atomic mass is 9.33. The van der Waals surface area contributed by atoms with Crippen molar-refractivity contribution in [1.29, 1.82) is 0 Å². The number of carboxylic acid groups (broad SMARTS) is 1. The van der Waals surface area contributed by atoms with Crippen LogP contribution in [-0.2, 0) is 85.5 Å². The predicted molar refractivity (Wildman–Crippen MR) is 403 cm³/mol. The van der Waals surface area contributed by atoms with Crippen molar-refractivity contribution in [1.82, 2.24) is 5.32 Å². The molecule has 12 rings (SSSR count). The Labute approximate surface area is 695 Å². The summed E-state index contributed by atoms with van der Waals surface area (Å²) in [5.74, 6) is -4.76. The second-order valence-electron chi connectivity index (χ2n) is 37.4. The van der Waals surface area contributed by atoms with Crippen molar-refractivity contribution in [3.8, 4) is 0 Å². The van der Waals surface area contributed by atoms with E-state index in [1.165, 1.54) is 6.92 Å². The lowest BCUT2D eigenvalue weighted by Gasteiger charge is -2.71. The Morgan fingerprint density at radius 3 is 1.64 bits per heavy atom. The van der Waals surface area contributed by atoms with E-state index < -0.39 is 304 Å². The molecule has 12 aliphatic rings. The number of fused-ring (bicyclic) bond motifs is 7. The van der Waals surface area contributed by atoms with Gasteiger partial charge in [-0.1, -0.05) is 98.1 Å². The number of aldehydes is 1. The van der Waals surface area contributed by atoms with Crippen LogP contribution < -0.4 is 5.32 Å². The Balaban J connectivity index is 0.765. The van der Waals surface area contributed by atoms with E-state index >= 15 is 4.79 Å². The summed E-state index contributed by atoms with van der Waals surface area (Å²) in [4.78, 5) is 57.5. The first-order chi connectivity index (χ1) is 56.7. The van der Waals surface area contributed by atoms with Gasteiger partial charge in [0.25, 0.3) is 0 Å². The van der Waals surface area contributed by atoms with Crippen molar-refractivity contribution in [2.45, 2.75) is 379 Å². The number of nitrogens with one attached hydrogen (secondary N) is 1. The van der Waals surface area contributed by atoms with Crippen LogP contribution in [0.2, 0.25) is 0 Å². The standard InChI is InChI=1S/C81H131NO38/c1-35-62(115-69-56(98)49(91)38(87)32-108-69)55(97)60(102)71(110-35)118-65-53(95)48(82-47(90)17-15-13-11-9-8-10-12-14-16-26-107-68-58(100)52(94)42(31-85)112-68)40(29-83)111-73(65)120-75(106)81-25-24-76(2,3)27-37(81)36-18-19-44-77(4)22-21-46(78(5,34-86)43(77)20-23-79(44,6)80(36,7)28-45(81)89)114-74-66(119-72-59(101)54(96)51(93)41(30-84)113-72)63(61(103)64(117-74)67(104)105)116-70-57(99)50(92)39(88)33-109-70/h18,34-35,37-46,48-66,68-74,83-85,87-89,91-103H,8-17,19-33H2,1-7H3,(H,82,90)(H,104,105)/t35-,37?,38+,39+,40+,41+,42-,43?,44?,45+,46-,48-,49-,50-,51-,52-,53-,54-,55-,56+,57+,58+,59+,60+,61-,62-,63-,64-,65+,66+,68+,69+,70-,71-,72+,73-,74+,77-,78-,79+,80+,81+/m0/s1. The molecule has 39 nitrogen and oxygen atoms in total. The molecule has 4 saturated carbocycles. The third-order valence-corrected chi connectivity index (χ3v) is 29.5. The molecule has 120 heavy (non-hydrogen) atoms. The van der Waals surface area contributed by atoms with E-state index in [4.69, 9.17) is 66.3 Å². The zero-order valence-corrected chi connectivity index (χ0v) is 69.0. The van der Waals surface area contributed by atoms with Gasteiger partial charge >= 0.3 is 11.9 Å². The van der Waals surface area contributed by atoms with E-state index in [2.05, 4.69) is 46.0 Å². The number of esters is 1. The highest BCUT2D eigenvalue weighted by Crippen LogP contribution is 2.76. The maximum Gasteiger partial charge on any atom is 0.335 e. The minimum atomic E-state index is -2.24. The molecule has 5 aliphatic carbocycles. The van der Waals surface area contributed by atoms with E-state index in [-0.39, 0.29) is 31.6 Å². The first-order valence-electron chi connectivity index (χ1n) is 42.7. The van der Waals surface area contributed by atoms with Gasteiger partial charge in [-0.25, -0.2) is 4.79 Å². The van der Waals surface area contributed by atoms with E-state index in [0.717, 1.165) is 50.4 Å². The molecular formula is C81H131NO38. The fourth-order valence-electron chi connectivity index (χ4n) is 22.1. The van der Waals surface area contributed by atoms with Crippen molar-refractivity contribution in [2.24, 2.45) is 50.2 Å². The largest absolute Gasteiger partial charge is 0.479 e. The number of carbonyl (C=O) groups excluding carboxylic acids is 3. The molecule has 39 heteroatoms. The van der Waals surface area contributed by atoms with Crippen LogP contribution in [0.5, 0.6) is 0 Å². The maximum atomic E-state index is 16.1. The summed E-state index contributed by atoms with van der Waals surface area (Å²) in [7, 11) is 0. The average Bonchev–Trinajstić information content (AvgIpc) is 0.740. The van der Waals surface area contributed by atoms with Gasteiger partial charge in [0, 0.05) is 13.0 Å². The number of unbranched alkanes of at least 4 members (excludes halogenated alkanes) is 8. The van der Waals surface area contributed by atoms with Crippen LogP contribution in [0.25, 0.3) is 0 Å². The second-order valence-corrected chi connectivity index (χ2v) is 37.4. The van der Waals surface area contributed by atoms with Crippen molar-refractivity contribution in [2.75, 3.05) is 39.6 Å². The highest BCUT2D eigenvalue weighted by molar-refractivity contribution is 5.80. The van der Waals surface area contributed by atoms with Crippen LogP contribution in [0.3, 0.4) is 0 Å². The van der Waals surface area contributed by atoms with E-state index in [1.807, 2.05) is 0 Å². The Kier molecular flexibility index (Phi) is 31.0. The number of carbonyl (C=O) groups is 4. The third kappa shape index (κ3) is 18.4. The summed E-state index contributed by atoms with van der Waals surface area (Å²) in [6.07, 6.45) is -44.4. The summed E-state index contributed by atoms with van der Waals surface area (Å²) < 4.78 is 84.1. The molecule has 21 N–H and O–H groups in total. The quantitative estimate of drug-likeness (QED) is 0.0103. The Morgan fingerprint density at radius 2 is 1.03 bits per heavy atom. The van der Waals surface area contributed by atoms with Gasteiger partial charge in [0.15, 0.2) is 49.9 Å². The zero-order chi connectivity index (χ0) is 87.4. The molecule has 688 valence electrons. The summed E-state index contributed by atoms with van der Waals surface area (Å²) >= 11 is 0. The lowest BCUT2D eigenvalue weighted by molar-refractivity contribution is -0.391. The topological polar surface area (TPSA) is 614 Å². The minimum absolute atomic E-state index is 0.000779. The molecule has 7 aliphatic heterocycles. The normalized spacial score (nSPS) is 49.5. The predicted octanol–water partition coefficient (Wildman–Crippen LogP) is -4.36. The molecule has 42 atom stereocenters. The van der Waals surface area contributed by atoms with Crippen LogP contribution in [-0.4, -0.2) is 375 Å². The van der Waals surface area contributed by atoms with Gasteiger partial charge in [-0.2, -0.15) is 0 Å². The van der Waals surface area contributed by atoms with Crippen LogP contribution in [0, 0.1) is 50.2 Å². The van der Waals surface area contributed by atoms with Gasteiger partial charge in [0.1, 0.15) is 140 Å². The molecule has 7 heterocycles. The van der Waals surface area contributed by atoms with Crippen LogP contribution in [0.15, 0.2) is 11.6 Å². The number of allylic oxidation sites excluding steroid dienone is 2. The van der Waals surface area contributed by atoms with Gasteiger partial charge in [-0.3, -0.25) is 9.59 Å². The minimum Gasteiger partial charge on any atom is -0.479 e. The molecular weight excluding hydrogens is 1590 g/mol. The van der Waals surface area contributed by atoms with Gasteiger partial charge < -0.3 is 179 Å². The number of aliphatic hydroxyl groups is 19. The summed E-state index contributed by atoms with van der Waals surface area (Å²) in [6.45, 7) is 10.6. The molecule has 0 aromatic heterocycles. The van der Waals surface area contributed by atoms with E-state index in [9.17, 15) is 117 Å². The Morgan fingerprint density at radius 1 is 0.500 bits per heavy atom. The first-order valence-corrected chi connectivity index (χ1v) is 42.7. The summed E-state index contributed by atoms with van der Waals surface area (Å²) in [5, 5.41) is 222. The lowest BCUT2D eigenvalue weighted by Crippen LogP contribution is -2.70. The van der Waals surface area contributed by atoms with Crippen molar-refractivity contribution >= 4 is 24.1 Å². The summed E-state index contributed by atoms with van der Waals surface area (Å²) in [5.41, 5.74) is -5.11. The third-order valence-electron chi connectivity index (χ3n) is 29.5. The smallest absolute Gasteiger partial charge is 0.335 e. The molecule has 0 spiro atoms.